The number of morpholine rings is 1. The van der Waals surface area contributed by atoms with Gasteiger partial charge in [0.25, 0.3) is 0 Å². The molecule has 1 aliphatic rings. The van der Waals surface area contributed by atoms with E-state index in [9.17, 15) is 14.4 Å². The number of anilines is 1. The molecule has 2 rings (SSSR count). The number of ether oxygens (including phenoxy) is 1. The van der Waals surface area contributed by atoms with E-state index in [0.29, 0.717) is 17.8 Å². The number of nitrogens with two attached hydrogens (primary N) is 1. The summed E-state index contributed by atoms with van der Waals surface area (Å²) in [5.74, 6) is -1.65. The molecule has 0 bridgehead atoms. The minimum absolute atomic E-state index is 0.0134. The summed E-state index contributed by atoms with van der Waals surface area (Å²) >= 11 is 0. The van der Waals surface area contributed by atoms with Gasteiger partial charge >= 0.3 is 12.0 Å². The standard InChI is InChI=1S/C13H15N3O5/c14-11(17)8-1-3-9(4-2-8)15-13(20)16-5-6-21-10(7-16)12(18)19/h1-4,10H,5-7H2,(H2,14,17)(H,15,20)(H,18,19). The maximum Gasteiger partial charge on any atom is 0.334 e. The monoisotopic (exact) mass is 293 g/mol. The fraction of sp³-hybridized carbons (Fsp3) is 0.308. The van der Waals surface area contributed by atoms with Crippen molar-refractivity contribution in [3.63, 3.8) is 0 Å². The lowest BCUT2D eigenvalue weighted by Crippen LogP contribution is -2.49. The summed E-state index contributed by atoms with van der Waals surface area (Å²) < 4.78 is 5.04. The van der Waals surface area contributed by atoms with E-state index >= 15 is 0 Å². The van der Waals surface area contributed by atoms with Gasteiger partial charge in [-0.1, -0.05) is 0 Å². The first-order valence-corrected chi connectivity index (χ1v) is 6.27. The van der Waals surface area contributed by atoms with Gasteiger partial charge in [-0.2, -0.15) is 0 Å². The van der Waals surface area contributed by atoms with Crippen LogP contribution in [0.15, 0.2) is 24.3 Å². The number of carbonyl (C=O) groups excluding carboxylic acids is 2. The van der Waals surface area contributed by atoms with Crippen molar-refractivity contribution in [1.29, 1.82) is 0 Å². The van der Waals surface area contributed by atoms with Gasteiger partial charge < -0.3 is 25.8 Å². The minimum Gasteiger partial charge on any atom is -0.479 e. The molecule has 1 aromatic carbocycles. The van der Waals surface area contributed by atoms with Gasteiger partial charge in [-0.05, 0) is 24.3 Å². The van der Waals surface area contributed by atoms with Crippen molar-refractivity contribution < 1.29 is 24.2 Å². The zero-order valence-electron chi connectivity index (χ0n) is 11.1. The molecule has 4 N–H and O–H groups in total. The van der Waals surface area contributed by atoms with Gasteiger partial charge in [0.2, 0.25) is 5.91 Å². The molecule has 0 aliphatic carbocycles. The Morgan fingerprint density at radius 3 is 2.52 bits per heavy atom. The lowest BCUT2D eigenvalue weighted by atomic mass is 10.2. The second-order valence-electron chi connectivity index (χ2n) is 4.52. The van der Waals surface area contributed by atoms with E-state index in [-0.39, 0.29) is 13.2 Å². The lowest BCUT2D eigenvalue weighted by molar-refractivity contribution is -0.154. The largest absolute Gasteiger partial charge is 0.479 e. The molecule has 3 amide bonds. The number of hydrogen-bond donors (Lipinski definition) is 3. The molecule has 112 valence electrons. The topological polar surface area (TPSA) is 122 Å². The van der Waals surface area contributed by atoms with Crippen LogP contribution in [-0.2, 0) is 9.53 Å². The lowest BCUT2D eigenvalue weighted by Gasteiger charge is -2.30. The van der Waals surface area contributed by atoms with Crippen molar-refractivity contribution in [1.82, 2.24) is 4.90 Å². The average Bonchev–Trinajstić information content (AvgIpc) is 2.48. The molecule has 1 atom stereocenters. The molecule has 1 aromatic rings. The van der Waals surface area contributed by atoms with Crippen LogP contribution in [-0.4, -0.2) is 53.7 Å². The smallest absolute Gasteiger partial charge is 0.334 e. The van der Waals surface area contributed by atoms with Crippen LogP contribution in [0, 0.1) is 0 Å². The Kier molecular flexibility index (Phi) is 4.39. The van der Waals surface area contributed by atoms with Crippen LogP contribution in [0.4, 0.5) is 10.5 Å². The normalized spacial score (nSPS) is 18.1. The summed E-state index contributed by atoms with van der Waals surface area (Å²) in [5.41, 5.74) is 5.95. The molecule has 0 saturated carbocycles. The molecule has 8 heteroatoms. The number of nitrogens with zero attached hydrogens (tertiary/aromatic N) is 1. The number of aliphatic carboxylic acids is 1. The van der Waals surface area contributed by atoms with E-state index in [2.05, 4.69) is 5.32 Å². The fourth-order valence-electron chi connectivity index (χ4n) is 1.90. The van der Waals surface area contributed by atoms with E-state index in [1.165, 1.54) is 17.0 Å². The van der Waals surface area contributed by atoms with E-state index in [1.807, 2.05) is 0 Å². The molecule has 0 radical (unpaired) electrons. The van der Waals surface area contributed by atoms with E-state index in [1.54, 1.807) is 12.1 Å². The van der Waals surface area contributed by atoms with Crippen molar-refractivity contribution in [3.05, 3.63) is 29.8 Å². The second kappa shape index (κ2) is 6.23. The number of nitrogens with one attached hydrogen (secondary N) is 1. The van der Waals surface area contributed by atoms with Crippen molar-refractivity contribution in [2.24, 2.45) is 5.73 Å². The molecule has 0 aromatic heterocycles. The third-order valence-corrected chi connectivity index (χ3v) is 3.05. The zero-order valence-corrected chi connectivity index (χ0v) is 11.1. The number of carbonyl (C=O) groups is 3. The Bertz CT molecular complexity index is 557. The van der Waals surface area contributed by atoms with Crippen molar-refractivity contribution in [3.8, 4) is 0 Å². The number of rotatable bonds is 3. The van der Waals surface area contributed by atoms with Gasteiger partial charge in [0, 0.05) is 17.8 Å². The Hall–Kier alpha value is -2.61. The van der Waals surface area contributed by atoms with E-state index in [0.717, 1.165) is 0 Å². The predicted octanol–water partition coefficient (Wildman–Crippen LogP) is 0.103. The van der Waals surface area contributed by atoms with Crippen molar-refractivity contribution >= 4 is 23.6 Å². The highest BCUT2D eigenvalue weighted by Gasteiger charge is 2.28. The van der Waals surface area contributed by atoms with Crippen LogP contribution in [0.3, 0.4) is 0 Å². The number of amides is 3. The molecule has 1 fully saturated rings. The Labute approximate surface area is 120 Å². The van der Waals surface area contributed by atoms with Gasteiger partial charge in [-0.15, -0.1) is 0 Å². The molecule has 1 saturated heterocycles. The number of urea groups is 1. The van der Waals surface area contributed by atoms with Crippen LogP contribution in [0.25, 0.3) is 0 Å². The quantitative estimate of drug-likeness (QED) is 0.729. The molecular weight excluding hydrogens is 278 g/mol. The third kappa shape index (κ3) is 3.69. The molecule has 21 heavy (non-hydrogen) atoms. The van der Waals surface area contributed by atoms with Crippen LogP contribution >= 0.6 is 0 Å². The summed E-state index contributed by atoms with van der Waals surface area (Å²) in [6.07, 6.45) is -1.01. The maximum absolute atomic E-state index is 12.0. The Morgan fingerprint density at radius 2 is 1.95 bits per heavy atom. The van der Waals surface area contributed by atoms with E-state index in [4.69, 9.17) is 15.6 Å². The van der Waals surface area contributed by atoms with Crippen LogP contribution in [0.1, 0.15) is 10.4 Å². The number of benzene rings is 1. The molecule has 1 unspecified atom stereocenters. The first-order valence-electron chi connectivity index (χ1n) is 6.27. The first kappa shape index (κ1) is 14.8. The highest BCUT2D eigenvalue weighted by Crippen LogP contribution is 2.12. The molecule has 0 spiro atoms. The number of primary amides is 1. The maximum atomic E-state index is 12.0. The highest BCUT2D eigenvalue weighted by atomic mass is 16.5. The fourth-order valence-corrected chi connectivity index (χ4v) is 1.90. The summed E-state index contributed by atoms with van der Waals surface area (Å²) in [4.78, 5) is 35.2. The summed E-state index contributed by atoms with van der Waals surface area (Å²) in [6.45, 7) is 0.473. The van der Waals surface area contributed by atoms with Gasteiger partial charge in [0.15, 0.2) is 6.10 Å². The zero-order chi connectivity index (χ0) is 15.4. The summed E-state index contributed by atoms with van der Waals surface area (Å²) in [5, 5.41) is 11.5. The van der Waals surface area contributed by atoms with Gasteiger partial charge in [-0.3, -0.25) is 4.79 Å². The van der Waals surface area contributed by atoms with E-state index < -0.39 is 24.0 Å². The predicted molar refractivity (Wildman–Crippen MR) is 72.9 cm³/mol. The second-order valence-corrected chi connectivity index (χ2v) is 4.52. The van der Waals surface area contributed by atoms with Gasteiger partial charge in [0.1, 0.15) is 0 Å². The first-order chi connectivity index (χ1) is 9.97. The highest BCUT2D eigenvalue weighted by molar-refractivity contribution is 5.94. The minimum atomic E-state index is -1.10. The average molecular weight is 293 g/mol. The number of carboxylic acid groups (broad SMARTS) is 1. The van der Waals surface area contributed by atoms with Gasteiger partial charge in [-0.25, -0.2) is 9.59 Å². The Morgan fingerprint density at radius 1 is 1.29 bits per heavy atom. The SMILES string of the molecule is NC(=O)c1ccc(NC(=O)N2CCOC(C(=O)O)C2)cc1. The molecular formula is C13H15N3O5. The number of hydrogen-bond acceptors (Lipinski definition) is 4. The van der Waals surface area contributed by atoms with Crippen LogP contribution in [0.5, 0.6) is 0 Å². The summed E-state index contributed by atoms with van der Waals surface area (Å²) in [6, 6.07) is 5.67. The molecule has 1 aliphatic heterocycles. The third-order valence-electron chi connectivity index (χ3n) is 3.05. The van der Waals surface area contributed by atoms with Crippen LogP contribution < -0.4 is 11.1 Å². The number of carboxylic acids is 1. The molecule has 8 nitrogen and oxygen atoms in total. The molecule has 1 heterocycles. The van der Waals surface area contributed by atoms with Crippen molar-refractivity contribution in [2.45, 2.75) is 6.10 Å². The van der Waals surface area contributed by atoms with Gasteiger partial charge in [0.05, 0.1) is 13.2 Å². The van der Waals surface area contributed by atoms with Crippen LogP contribution in [0.2, 0.25) is 0 Å². The van der Waals surface area contributed by atoms with Crippen molar-refractivity contribution in [2.75, 3.05) is 25.0 Å². The summed E-state index contributed by atoms with van der Waals surface area (Å²) in [7, 11) is 0. The Balaban J connectivity index is 1.97.